The van der Waals surface area contributed by atoms with Gasteiger partial charge in [0, 0.05) is 67.6 Å². The zero-order chi connectivity index (χ0) is 46.8. The number of aromatic nitrogens is 4. The van der Waals surface area contributed by atoms with Crippen molar-refractivity contribution in [3.8, 4) is 22.3 Å². The molecule has 340 valence electrons. The molecule has 18 heteroatoms. The van der Waals surface area contributed by atoms with Crippen molar-refractivity contribution in [3.05, 3.63) is 117 Å². The van der Waals surface area contributed by atoms with E-state index in [0.717, 1.165) is 50.5 Å². The van der Waals surface area contributed by atoms with Crippen molar-refractivity contribution in [2.24, 2.45) is 17.0 Å². The van der Waals surface area contributed by atoms with Gasteiger partial charge in [0.1, 0.15) is 31.7 Å². The summed E-state index contributed by atoms with van der Waals surface area (Å²) in [5.41, 5.74) is 2.21. The van der Waals surface area contributed by atoms with E-state index in [1.807, 2.05) is 56.0 Å². The fourth-order valence-electron chi connectivity index (χ4n) is 7.04. The van der Waals surface area contributed by atoms with Crippen LogP contribution < -0.4 is 9.86 Å². The van der Waals surface area contributed by atoms with E-state index in [0.29, 0.717) is 46.7 Å². The minimum absolute atomic E-state index is 0.0786. The average molecular weight is 943 g/mol. The minimum atomic E-state index is -4.31. The first-order valence-corrected chi connectivity index (χ1v) is 24.9. The quantitative estimate of drug-likeness (QED) is 0.102. The number of rotatable bonds is 13. The molecule has 6 aromatic rings. The van der Waals surface area contributed by atoms with Gasteiger partial charge in [-0.1, -0.05) is 93.5 Å². The van der Waals surface area contributed by atoms with Crippen LogP contribution in [0.2, 0.25) is 0 Å². The second-order valence-corrected chi connectivity index (χ2v) is 24.3. The molecule has 4 N–H and O–H groups in total. The average Bonchev–Trinajstić information content (AvgIpc) is 3.95. The number of halogens is 2. The first-order chi connectivity index (χ1) is 29.1. The zero-order valence-corrected chi connectivity index (χ0v) is 40.4. The molecule has 63 heavy (non-hydrogen) atoms. The monoisotopic (exact) mass is 942 g/mol. The van der Waals surface area contributed by atoms with Gasteiger partial charge in [0.2, 0.25) is 10.0 Å². The van der Waals surface area contributed by atoms with Gasteiger partial charge in [-0.05, 0) is 60.1 Å². The first-order valence-electron chi connectivity index (χ1n) is 20.3. The number of carbonyl (C=O) groups is 1. The number of nitrogens with zero attached hydrogens (tertiary/aromatic N) is 4. The summed E-state index contributed by atoms with van der Waals surface area (Å²) in [7, 11) is -8.20. The molecule has 0 atom stereocenters. The van der Waals surface area contributed by atoms with Crippen molar-refractivity contribution in [1.29, 1.82) is 0 Å². The van der Waals surface area contributed by atoms with Crippen molar-refractivity contribution in [1.82, 2.24) is 23.8 Å². The van der Waals surface area contributed by atoms with Crippen LogP contribution in [0.1, 0.15) is 102 Å². The summed E-state index contributed by atoms with van der Waals surface area (Å²) in [6.07, 6.45) is 6.72. The second kappa shape index (κ2) is 19.2. The minimum Gasteiger partial charge on any atom is -0.464 e. The highest BCUT2D eigenvalue weighted by Crippen LogP contribution is 2.38. The zero-order valence-electron chi connectivity index (χ0n) is 37.2. The Bertz CT molecular complexity index is 2810. The maximum atomic E-state index is 15.1. The first kappa shape index (κ1) is 49.3. The van der Waals surface area contributed by atoms with Gasteiger partial charge in [0.25, 0.3) is 10.0 Å². The molecule has 0 fully saturated rings. The van der Waals surface area contributed by atoms with Gasteiger partial charge in [-0.2, -0.15) is 0 Å². The van der Waals surface area contributed by atoms with E-state index in [-0.39, 0.29) is 37.3 Å². The molecule has 4 heterocycles. The Kier molecular flexibility index (Phi) is 15.0. The normalized spacial score (nSPS) is 12.5. The molecular formula is C45H56F2N6O6S4. The third-order valence-electron chi connectivity index (χ3n) is 9.62. The third-order valence-corrected chi connectivity index (χ3v) is 15.3. The summed E-state index contributed by atoms with van der Waals surface area (Å²) in [5, 5.41) is 14.4. The van der Waals surface area contributed by atoms with Crippen LogP contribution in [0.25, 0.3) is 22.3 Å². The number of benzene rings is 2. The lowest BCUT2D eigenvalue weighted by molar-refractivity contribution is 0.201. The van der Waals surface area contributed by atoms with Crippen LogP contribution in [0.15, 0.2) is 81.7 Å². The second-order valence-electron chi connectivity index (χ2n) is 18.3. The molecule has 0 unspecified atom stereocenters. The molecule has 0 aliphatic carbocycles. The highest BCUT2D eigenvalue weighted by molar-refractivity contribution is 7.92. The van der Waals surface area contributed by atoms with Gasteiger partial charge in [-0.25, -0.2) is 50.2 Å². The van der Waals surface area contributed by atoms with E-state index in [2.05, 4.69) is 44.6 Å². The van der Waals surface area contributed by atoms with Crippen LogP contribution in [-0.4, -0.2) is 47.1 Å². The predicted molar refractivity (Wildman–Crippen MR) is 246 cm³/mol. The number of carboxylic acid groups (broad SMARTS) is 1. The molecule has 2 aromatic carbocycles. The van der Waals surface area contributed by atoms with E-state index < -0.39 is 37.8 Å². The van der Waals surface area contributed by atoms with E-state index in [1.54, 1.807) is 53.6 Å². The molecule has 0 saturated heterocycles. The lowest BCUT2D eigenvalue weighted by Gasteiger charge is -2.20. The molecule has 0 aliphatic heterocycles. The molecule has 0 spiro atoms. The maximum Gasteiger partial charge on any atom is 0.418 e. The Morgan fingerprint density at radius 3 is 1.46 bits per heavy atom. The highest BCUT2D eigenvalue weighted by Gasteiger charge is 2.27. The smallest absolute Gasteiger partial charge is 0.418 e. The van der Waals surface area contributed by atoms with Gasteiger partial charge in [-0.3, -0.25) is 0 Å². The van der Waals surface area contributed by atoms with Crippen LogP contribution >= 0.6 is 22.7 Å². The summed E-state index contributed by atoms with van der Waals surface area (Å²) < 4.78 is 84.9. The number of nitrogens with one attached hydrogen (secondary N) is 1. The van der Waals surface area contributed by atoms with Crippen molar-refractivity contribution in [2.45, 2.75) is 114 Å². The topological polar surface area (TPSA) is 179 Å². The number of amides is 1. The Labute approximate surface area is 377 Å². The number of nitrogens with two attached hydrogens (primary N) is 1. The van der Waals surface area contributed by atoms with Crippen molar-refractivity contribution in [2.75, 3.05) is 0 Å². The molecule has 1 amide bonds. The highest BCUT2D eigenvalue weighted by atomic mass is 32.3. The summed E-state index contributed by atoms with van der Waals surface area (Å²) >= 11 is 2.16. The molecule has 0 bridgehead atoms. The van der Waals surface area contributed by atoms with Crippen LogP contribution in [-0.2, 0) is 56.8 Å². The predicted octanol–water partition coefficient (Wildman–Crippen LogP) is 10.2. The van der Waals surface area contributed by atoms with Gasteiger partial charge < -0.3 is 14.2 Å². The van der Waals surface area contributed by atoms with Crippen molar-refractivity contribution in [3.63, 3.8) is 0 Å². The fourth-order valence-corrected chi connectivity index (χ4v) is 12.2. The van der Waals surface area contributed by atoms with Gasteiger partial charge in [0.05, 0.1) is 13.1 Å². The molecule has 0 radical (unpaired) electrons. The summed E-state index contributed by atoms with van der Waals surface area (Å²) in [5.74, 6) is 1.47. The number of hydrogen-bond donors (Lipinski definition) is 3. The standard InChI is InChI=1S/C23H28FN3O4S2.C22H28FN3O2S2/c1-14(2)10-17-12-18(20(32-17)33(30,31)26-22(28)29)15-6-7-16(19(24)11-15)13-27-9-8-25-21(27)23(3,4)5;1-14(2)10-17-12-18(20(29-17)30(24,27)28)15-6-7-16(19(23)11-15)13-26-9-8-25-21(26)22(3,4)5/h6-9,11-12,14,26H,10,13H2,1-5H3,(H,28,29);6-9,11-12,14H,10,13H2,1-5H3,(H2,24,27,28). The molecule has 0 saturated carbocycles. The lowest BCUT2D eigenvalue weighted by Crippen LogP contribution is -2.28. The van der Waals surface area contributed by atoms with E-state index in [1.165, 1.54) is 12.1 Å². The summed E-state index contributed by atoms with van der Waals surface area (Å²) in [4.78, 5) is 21.5. The van der Waals surface area contributed by atoms with Crippen LogP contribution in [0.5, 0.6) is 0 Å². The van der Waals surface area contributed by atoms with E-state index >= 15 is 4.39 Å². The summed E-state index contributed by atoms with van der Waals surface area (Å²) in [6, 6.07) is 12.9. The number of thiophene rings is 2. The van der Waals surface area contributed by atoms with Crippen molar-refractivity contribution < 1.29 is 35.5 Å². The summed E-state index contributed by atoms with van der Waals surface area (Å²) in [6.45, 7) is 21.0. The van der Waals surface area contributed by atoms with E-state index in [9.17, 15) is 26.0 Å². The number of sulfonamides is 2. The molecule has 0 aliphatic rings. The molecule has 12 nitrogen and oxygen atoms in total. The Balaban J connectivity index is 0.000000239. The largest absolute Gasteiger partial charge is 0.464 e. The molecular weight excluding hydrogens is 887 g/mol. The Hall–Kier alpha value is -4.75. The Morgan fingerprint density at radius 2 is 1.11 bits per heavy atom. The maximum absolute atomic E-state index is 15.1. The number of hydrogen-bond acceptors (Lipinski definition) is 9. The van der Waals surface area contributed by atoms with Gasteiger partial charge in [0.15, 0.2) is 0 Å². The third kappa shape index (κ3) is 12.5. The van der Waals surface area contributed by atoms with Gasteiger partial charge in [-0.15, -0.1) is 22.7 Å². The fraction of sp³-hybridized carbons (Fsp3) is 0.400. The number of primary sulfonamides is 1. The molecule has 6 rings (SSSR count). The molecule has 4 aromatic heterocycles. The Morgan fingerprint density at radius 1 is 0.714 bits per heavy atom. The van der Waals surface area contributed by atoms with E-state index in [4.69, 9.17) is 10.2 Å². The van der Waals surface area contributed by atoms with Crippen LogP contribution in [0.4, 0.5) is 13.6 Å². The van der Waals surface area contributed by atoms with Gasteiger partial charge >= 0.3 is 6.09 Å². The van der Waals surface area contributed by atoms with Crippen LogP contribution in [0.3, 0.4) is 0 Å². The lowest BCUT2D eigenvalue weighted by atomic mass is 9.95. The van der Waals surface area contributed by atoms with Crippen LogP contribution in [0, 0.1) is 23.5 Å². The van der Waals surface area contributed by atoms with Crippen molar-refractivity contribution >= 4 is 48.8 Å². The number of imidazole rings is 2. The SMILES string of the molecule is CC(C)Cc1cc(-c2ccc(Cn3ccnc3C(C)(C)C)c(F)c2)c(S(=O)(=O)NC(=O)O)s1.CC(C)Cc1cc(-c2ccc(Cn3ccnc3C(C)(C)C)c(F)c2)c(S(N)(=O)=O)s1.